The van der Waals surface area contributed by atoms with E-state index in [9.17, 15) is 10.2 Å². The molecule has 5 atom stereocenters. The third-order valence-corrected chi connectivity index (χ3v) is 4.27. The topological polar surface area (TPSA) is 68.2 Å². The van der Waals surface area contributed by atoms with Gasteiger partial charge in [0, 0.05) is 7.11 Å². The van der Waals surface area contributed by atoms with Gasteiger partial charge in [0.05, 0.1) is 12.7 Å². The molecule has 1 aliphatic rings. The van der Waals surface area contributed by atoms with Gasteiger partial charge in [-0.2, -0.15) is 0 Å². The lowest BCUT2D eigenvalue weighted by Gasteiger charge is -2.40. The molecule has 1 saturated heterocycles. The van der Waals surface area contributed by atoms with Crippen LogP contribution >= 0.6 is 0 Å². The fourth-order valence-electron chi connectivity index (χ4n) is 2.89. The van der Waals surface area contributed by atoms with Crippen LogP contribution in [0.5, 0.6) is 0 Å². The lowest BCUT2D eigenvalue weighted by atomic mass is 9.99. The summed E-state index contributed by atoms with van der Waals surface area (Å²) in [5.41, 5.74) is 0.985. The number of benzene rings is 2. The molecule has 0 bridgehead atoms. The minimum Gasteiger partial charge on any atom is -0.388 e. The molecule has 3 rings (SSSR count). The van der Waals surface area contributed by atoms with Crippen molar-refractivity contribution in [1.29, 1.82) is 0 Å². The molecular formula is C18H22O5. The van der Waals surface area contributed by atoms with Crippen molar-refractivity contribution in [2.45, 2.75) is 44.2 Å². The molecule has 0 aliphatic carbocycles. The number of aliphatic hydroxyl groups excluding tert-OH is 2. The second-order valence-corrected chi connectivity index (χ2v) is 5.88. The van der Waals surface area contributed by atoms with Gasteiger partial charge in [-0.3, -0.25) is 0 Å². The largest absolute Gasteiger partial charge is 0.388 e. The number of aliphatic hydroxyl groups is 2. The second-order valence-electron chi connectivity index (χ2n) is 5.88. The quantitative estimate of drug-likeness (QED) is 0.900. The van der Waals surface area contributed by atoms with Crippen LogP contribution in [0.3, 0.4) is 0 Å². The lowest BCUT2D eigenvalue weighted by Crippen LogP contribution is -2.58. The van der Waals surface area contributed by atoms with Gasteiger partial charge in [0.1, 0.15) is 18.3 Å². The van der Waals surface area contributed by atoms with Gasteiger partial charge in [-0.25, -0.2) is 0 Å². The molecule has 1 fully saturated rings. The van der Waals surface area contributed by atoms with Crippen LogP contribution in [0.1, 0.15) is 12.5 Å². The Morgan fingerprint density at radius 1 is 1.04 bits per heavy atom. The van der Waals surface area contributed by atoms with Crippen LogP contribution in [0.25, 0.3) is 10.8 Å². The van der Waals surface area contributed by atoms with E-state index < -0.39 is 30.7 Å². The smallest absolute Gasteiger partial charge is 0.186 e. The molecule has 5 heteroatoms. The van der Waals surface area contributed by atoms with E-state index in [4.69, 9.17) is 14.2 Å². The molecular weight excluding hydrogens is 296 g/mol. The van der Waals surface area contributed by atoms with Gasteiger partial charge < -0.3 is 24.4 Å². The Labute approximate surface area is 135 Å². The first kappa shape index (κ1) is 16.4. The number of hydrogen-bond donors (Lipinski definition) is 2. The van der Waals surface area contributed by atoms with E-state index in [-0.39, 0.29) is 0 Å². The van der Waals surface area contributed by atoms with Crippen LogP contribution in [0.4, 0.5) is 0 Å². The maximum atomic E-state index is 10.2. The summed E-state index contributed by atoms with van der Waals surface area (Å²) in [6.07, 6.45) is -4.00. The molecule has 23 heavy (non-hydrogen) atoms. The second kappa shape index (κ2) is 6.95. The van der Waals surface area contributed by atoms with E-state index in [1.165, 1.54) is 7.11 Å². The van der Waals surface area contributed by atoms with E-state index in [0.717, 1.165) is 16.3 Å². The summed E-state index contributed by atoms with van der Waals surface area (Å²) >= 11 is 0. The van der Waals surface area contributed by atoms with Crippen LogP contribution in [-0.2, 0) is 20.8 Å². The van der Waals surface area contributed by atoms with E-state index in [1.807, 2.05) is 36.4 Å². The average Bonchev–Trinajstić information content (AvgIpc) is 2.58. The summed E-state index contributed by atoms with van der Waals surface area (Å²) in [4.78, 5) is 0. The molecule has 0 amide bonds. The molecule has 0 saturated carbocycles. The summed E-state index contributed by atoms with van der Waals surface area (Å²) in [6, 6.07) is 14.2. The Hall–Kier alpha value is -1.50. The Morgan fingerprint density at radius 2 is 1.78 bits per heavy atom. The van der Waals surface area contributed by atoms with Gasteiger partial charge in [-0.15, -0.1) is 0 Å². The first-order chi connectivity index (χ1) is 11.1. The molecule has 0 unspecified atom stereocenters. The molecule has 124 valence electrons. The average molecular weight is 318 g/mol. The van der Waals surface area contributed by atoms with Gasteiger partial charge >= 0.3 is 0 Å². The zero-order valence-corrected chi connectivity index (χ0v) is 13.3. The minimum absolute atomic E-state index is 0.302. The minimum atomic E-state index is -1.05. The highest BCUT2D eigenvalue weighted by molar-refractivity contribution is 5.82. The van der Waals surface area contributed by atoms with Crippen molar-refractivity contribution in [2.75, 3.05) is 7.11 Å². The predicted molar refractivity (Wildman–Crippen MR) is 85.9 cm³/mol. The van der Waals surface area contributed by atoms with Crippen LogP contribution < -0.4 is 0 Å². The standard InChI is InChI=1S/C18H22O5/c1-11-15(19)16(20)17(18(21-2)23-11)22-10-12-7-8-13-5-3-4-6-14(13)9-12/h3-9,11,15-20H,10H2,1-2H3/t11-,15-,16+,17+,18+/m0/s1. The van der Waals surface area contributed by atoms with E-state index >= 15 is 0 Å². The molecule has 0 radical (unpaired) electrons. The van der Waals surface area contributed by atoms with E-state index in [1.54, 1.807) is 6.92 Å². The van der Waals surface area contributed by atoms with E-state index in [0.29, 0.717) is 6.61 Å². The third-order valence-electron chi connectivity index (χ3n) is 4.27. The van der Waals surface area contributed by atoms with Crippen LogP contribution in [0.15, 0.2) is 42.5 Å². The van der Waals surface area contributed by atoms with E-state index in [2.05, 4.69) is 6.07 Å². The third kappa shape index (κ3) is 3.39. The highest BCUT2D eigenvalue weighted by Gasteiger charge is 2.43. The summed E-state index contributed by atoms with van der Waals surface area (Å²) in [5.74, 6) is 0. The van der Waals surface area contributed by atoms with Crippen molar-refractivity contribution >= 4 is 10.8 Å². The number of fused-ring (bicyclic) bond motifs is 1. The van der Waals surface area contributed by atoms with Gasteiger partial charge in [-0.1, -0.05) is 36.4 Å². The molecule has 5 nitrogen and oxygen atoms in total. The maximum Gasteiger partial charge on any atom is 0.186 e. The summed E-state index contributed by atoms with van der Waals surface area (Å²) in [7, 11) is 1.49. The molecule has 1 heterocycles. The van der Waals surface area contributed by atoms with Gasteiger partial charge in [0.25, 0.3) is 0 Å². The fourth-order valence-corrected chi connectivity index (χ4v) is 2.89. The Bertz CT molecular complexity index is 657. The first-order valence-electron chi connectivity index (χ1n) is 7.74. The number of hydrogen-bond acceptors (Lipinski definition) is 5. The highest BCUT2D eigenvalue weighted by atomic mass is 16.7. The Balaban J connectivity index is 1.72. The van der Waals surface area contributed by atoms with Crippen molar-refractivity contribution in [3.63, 3.8) is 0 Å². The molecule has 2 N–H and O–H groups in total. The number of methoxy groups -OCH3 is 1. The highest BCUT2D eigenvalue weighted by Crippen LogP contribution is 2.25. The monoisotopic (exact) mass is 318 g/mol. The van der Waals surface area contributed by atoms with Crippen molar-refractivity contribution in [3.8, 4) is 0 Å². The Morgan fingerprint density at radius 3 is 2.52 bits per heavy atom. The Kier molecular flexibility index (Phi) is 4.94. The normalized spacial score (nSPS) is 31.4. The lowest BCUT2D eigenvalue weighted by molar-refractivity contribution is -0.298. The predicted octanol–water partition coefficient (Wildman–Crippen LogP) is 1.84. The van der Waals surface area contributed by atoms with Crippen molar-refractivity contribution < 1.29 is 24.4 Å². The summed E-state index contributed by atoms with van der Waals surface area (Å²) in [5, 5.41) is 22.5. The molecule has 0 aromatic heterocycles. The summed E-state index contributed by atoms with van der Waals surface area (Å²) in [6.45, 7) is 2.00. The van der Waals surface area contributed by atoms with Crippen molar-refractivity contribution in [1.82, 2.24) is 0 Å². The van der Waals surface area contributed by atoms with Gasteiger partial charge in [0.15, 0.2) is 6.29 Å². The molecule has 2 aromatic rings. The first-order valence-corrected chi connectivity index (χ1v) is 7.74. The molecule has 2 aromatic carbocycles. The number of rotatable bonds is 4. The van der Waals surface area contributed by atoms with Gasteiger partial charge in [-0.05, 0) is 29.3 Å². The maximum absolute atomic E-state index is 10.2. The summed E-state index contributed by atoms with van der Waals surface area (Å²) < 4.78 is 16.6. The zero-order chi connectivity index (χ0) is 16.4. The SMILES string of the molecule is CO[C@@H]1O[C@@H](C)[C@H](O)[C@@H](O)[C@H]1OCc1ccc2ccccc2c1. The van der Waals surface area contributed by atoms with Crippen LogP contribution in [-0.4, -0.2) is 48.0 Å². The van der Waals surface area contributed by atoms with Gasteiger partial charge in [0.2, 0.25) is 0 Å². The molecule has 1 aliphatic heterocycles. The molecule has 0 spiro atoms. The van der Waals surface area contributed by atoms with Crippen molar-refractivity contribution in [2.24, 2.45) is 0 Å². The zero-order valence-electron chi connectivity index (χ0n) is 13.3. The van der Waals surface area contributed by atoms with Crippen molar-refractivity contribution in [3.05, 3.63) is 48.0 Å². The number of ether oxygens (including phenoxy) is 3. The van der Waals surface area contributed by atoms with Crippen LogP contribution in [0, 0.1) is 0 Å². The fraction of sp³-hybridized carbons (Fsp3) is 0.444. The van der Waals surface area contributed by atoms with Crippen LogP contribution in [0.2, 0.25) is 0 Å².